The van der Waals surface area contributed by atoms with E-state index >= 15 is 0 Å². The molecule has 0 aliphatic heterocycles. The Morgan fingerprint density at radius 1 is 0.884 bits per heavy atom. The van der Waals surface area contributed by atoms with Gasteiger partial charge in [-0.15, -0.1) is 13.2 Å². The van der Waals surface area contributed by atoms with Crippen LogP contribution in [0.15, 0.2) is 83.9 Å². The summed E-state index contributed by atoms with van der Waals surface area (Å²) >= 11 is 0. The molecule has 0 radical (unpaired) electrons. The van der Waals surface area contributed by atoms with Crippen LogP contribution in [0.4, 0.5) is 38.0 Å². The Bertz CT molecular complexity index is 1740. The first-order valence-corrected chi connectivity index (χ1v) is 14.4. The summed E-state index contributed by atoms with van der Waals surface area (Å²) in [6.45, 7) is 0. The van der Waals surface area contributed by atoms with Crippen LogP contribution >= 0.6 is 0 Å². The first-order chi connectivity index (χ1) is 20.2. The van der Waals surface area contributed by atoms with Crippen molar-refractivity contribution < 1.29 is 39.5 Å². The number of nitrogen functional groups attached to an aromatic ring is 1. The van der Waals surface area contributed by atoms with Gasteiger partial charge < -0.3 is 5.73 Å². The fourth-order valence-electron chi connectivity index (χ4n) is 5.14. The lowest BCUT2D eigenvalue weighted by Gasteiger charge is -2.18. The number of halogens is 6. The van der Waals surface area contributed by atoms with E-state index in [0.29, 0.717) is 17.5 Å². The molecule has 0 unspecified atom stereocenters. The number of nitrogens with two attached hydrogens (primary N) is 1. The van der Waals surface area contributed by atoms with Crippen LogP contribution in [-0.2, 0) is 20.9 Å². The number of hydrogen-bond acceptors (Lipinski definition) is 6. The van der Waals surface area contributed by atoms with Crippen LogP contribution in [0.1, 0.15) is 36.3 Å². The first kappa shape index (κ1) is 30.3. The van der Waals surface area contributed by atoms with E-state index in [1.165, 1.54) is 48.7 Å². The maximum Gasteiger partial charge on any atom is 0.522 e. The van der Waals surface area contributed by atoms with Gasteiger partial charge in [-0.2, -0.15) is 13.2 Å². The number of rotatable bonds is 7. The Morgan fingerprint density at radius 3 is 2.35 bits per heavy atom. The summed E-state index contributed by atoms with van der Waals surface area (Å²) in [4.78, 5) is 8.12. The van der Waals surface area contributed by atoms with Crippen molar-refractivity contribution in [1.29, 1.82) is 0 Å². The van der Waals surface area contributed by atoms with Crippen molar-refractivity contribution in [2.24, 2.45) is 0 Å². The van der Waals surface area contributed by atoms with Gasteiger partial charge in [-0.1, -0.05) is 48.5 Å². The van der Waals surface area contributed by atoms with Crippen LogP contribution in [0.25, 0.3) is 22.4 Å². The summed E-state index contributed by atoms with van der Waals surface area (Å²) in [7, 11) is -4.26. The van der Waals surface area contributed by atoms with Gasteiger partial charge in [0.2, 0.25) is 5.95 Å². The molecule has 1 aromatic heterocycles. The molecule has 3 N–H and O–H groups in total. The van der Waals surface area contributed by atoms with Crippen molar-refractivity contribution in [2.75, 3.05) is 10.5 Å². The Hall–Kier alpha value is -4.17. The molecule has 14 heteroatoms. The molecule has 1 aliphatic rings. The number of nitrogens with one attached hydrogen (secondary N) is 1. The lowest BCUT2D eigenvalue weighted by atomic mass is 9.92. The molecule has 0 spiro atoms. The molecule has 2 atom stereocenters. The average molecular weight is 623 g/mol. The van der Waals surface area contributed by atoms with Crippen molar-refractivity contribution in [3.63, 3.8) is 0 Å². The molecule has 226 valence electrons. The van der Waals surface area contributed by atoms with Gasteiger partial charge in [-0.25, -0.2) is 23.1 Å². The van der Waals surface area contributed by atoms with E-state index in [2.05, 4.69) is 19.4 Å². The standard InChI is InChI=1S/C29H24F6N4O3S/c30-28(31,32)25-10-2-1-9-23(25)26-24(16-37-27(38-26)39-43(40,41)22-8-4-7-20(36)15-22)19-6-3-5-17(13-19)18-11-12-21(14-18)42-29(33,34)35/h1-10,13,15-16,18,21H,11-12,14,36H2,(H,37,38,39)/t18-,21-/m0/s1. The molecule has 1 aliphatic carbocycles. The fraction of sp³-hybridized carbons (Fsp3) is 0.241. The van der Waals surface area contributed by atoms with Crippen LogP contribution in [0.5, 0.6) is 0 Å². The van der Waals surface area contributed by atoms with Crippen LogP contribution in [-0.4, -0.2) is 30.9 Å². The number of nitrogens with zero attached hydrogens (tertiary/aromatic N) is 2. The zero-order valence-electron chi connectivity index (χ0n) is 22.2. The fourth-order valence-corrected chi connectivity index (χ4v) is 6.15. The van der Waals surface area contributed by atoms with Crippen LogP contribution < -0.4 is 10.5 Å². The molecule has 5 rings (SSSR count). The molecule has 1 heterocycles. The van der Waals surface area contributed by atoms with Crippen molar-refractivity contribution >= 4 is 21.7 Å². The zero-order valence-corrected chi connectivity index (χ0v) is 23.0. The summed E-state index contributed by atoms with van der Waals surface area (Å²) in [5.41, 5.74) is 5.59. The van der Waals surface area contributed by atoms with Crippen LogP contribution in [0, 0.1) is 0 Å². The Balaban J connectivity index is 1.57. The summed E-state index contributed by atoms with van der Waals surface area (Å²) in [6, 6.07) is 16.7. The van der Waals surface area contributed by atoms with Crippen molar-refractivity contribution in [1.82, 2.24) is 9.97 Å². The van der Waals surface area contributed by atoms with Crippen molar-refractivity contribution in [3.05, 3.63) is 90.1 Å². The van der Waals surface area contributed by atoms with E-state index < -0.39 is 40.2 Å². The largest absolute Gasteiger partial charge is 0.522 e. The second-order valence-corrected chi connectivity index (χ2v) is 11.7. The van der Waals surface area contributed by atoms with Crippen molar-refractivity contribution in [3.8, 4) is 22.4 Å². The van der Waals surface area contributed by atoms with E-state index in [1.807, 2.05) is 0 Å². The number of sulfonamides is 1. The molecule has 7 nitrogen and oxygen atoms in total. The Morgan fingerprint density at radius 2 is 1.63 bits per heavy atom. The third-order valence-corrected chi connectivity index (χ3v) is 8.35. The first-order valence-electron chi connectivity index (χ1n) is 13.0. The quantitative estimate of drug-likeness (QED) is 0.165. The highest BCUT2D eigenvalue weighted by Crippen LogP contribution is 2.42. The number of hydrogen-bond donors (Lipinski definition) is 2. The van der Waals surface area contributed by atoms with Gasteiger partial charge in [0.1, 0.15) is 0 Å². The monoisotopic (exact) mass is 622 g/mol. The van der Waals surface area contributed by atoms with Gasteiger partial charge in [0.25, 0.3) is 10.0 Å². The normalized spacial score (nSPS) is 17.6. The molecule has 1 fully saturated rings. The average Bonchev–Trinajstić information content (AvgIpc) is 3.39. The van der Waals surface area contributed by atoms with Crippen molar-refractivity contribution in [2.45, 2.75) is 48.7 Å². The zero-order chi connectivity index (χ0) is 31.0. The van der Waals surface area contributed by atoms with Gasteiger partial charge in [0, 0.05) is 23.0 Å². The van der Waals surface area contributed by atoms with E-state index in [1.54, 1.807) is 24.3 Å². The third-order valence-electron chi connectivity index (χ3n) is 7.02. The van der Waals surface area contributed by atoms with Gasteiger partial charge in [-0.3, -0.25) is 4.74 Å². The van der Waals surface area contributed by atoms with Gasteiger partial charge >= 0.3 is 12.5 Å². The van der Waals surface area contributed by atoms with Crippen LogP contribution in [0.3, 0.4) is 0 Å². The predicted octanol–water partition coefficient (Wildman–Crippen LogP) is 7.38. The lowest BCUT2D eigenvalue weighted by molar-refractivity contribution is -0.341. The molecular formula is C29H24F6N4O3S. The van der Waals surface area contributed by atoms with Gasteiger partial charge in [0.05, 0.1) is 22.3 Å². The number of benzene rings is 3. The molecule has 43 heavy (non-hydrogen) atoms. The van der Waals surface area contributed by atoms with E-state index in [4.69, 9.17) is 5.73 Å². The molecular weight excluding hydrogens is 598 g/mol. The van der Waals surface area contributed by atoms with Crippen LogP contribution in [0.2, 0.25) is 0 Å². The molecule has 1 saturated carbocycles. The minimum Gasteiger partial charge on any atom is -0.399 e. The maximum atomic E-state index is 14.1. The highest BCUT2D eigenvalue weighted by Gasteiger charge is 2.38. The number of alkyl halides is 6. The van der Waals surface area contributed by atoms with Gasteiger partial charge in [-0.05, 0) is 60.6 Å². The van der Waals surface area contributed by atoms with E-state index in [-0.39, 0.29) is 46.2 Å². The van der Waals surface area contributed by atoms with E-state index in [0.717, 1.165) is 6.07 Å². The van der Waals surface area contributed by atoms with E-state index in [9.17, 15) is 34.8 Å². The van der Waals surface area contributed by atoms with Gasteiger partial charge in [0.15, 0.2) is 0 Å². The summed E-state index contributed by atoms with van der Waals surface area (Å²) < 4.78 is 113. The molecule has 0 amide bonds. The maximum absolute atomic E-state index is 14.1. The summed E-state index contributed by atoms with van der Waals surface area (Å²) in [5, 5.41) is 0. The Labute approximate surface area is 242 Å². The SMILES string of the molecule is Nc1cccc(S(=O)(=O)Nc2ncc(-c3cccc([C@H]4CC[C@H](OC(F)(F)F)C4)c3)c(-c3ccccc3C(F)(F)F)n2)c1. The second kappa shape index (κ2) is 11.5. The molecule has 0 saturated heterocycles. The number of anilines is 2. The topological polar surface area (TPSA) is 107 Å². The summed E-state index contributed by atoms with van der Waals surface area (Å²) in [6.07, 6.45) is -8.57. The minimum atomic E-state index is -4.76. The second-order valence-electron chi connectivity index (χ2n) is 10.00. The summed E-state index contributed by atoms with van der Waals surface area (Å²) in [5.74, 6) is -0.749. The molecule has 4 aromatic rings. The highest BCUT2D eigenvalue weighted by atomic mass is 32.2. The smallest absolute Gasteiger partial charge is 0.399 e. The molecule has 3 aromatic carbocycles. The highest BCUT2D eigenvalue weighted by molar-refractivity contribution is 7.92. The minimum absolute atomic E-state index is 0.119. The number of aromatic nitrogens is 2. The molecule has 0 bridgehead atoms. The third kappa shape index (κ3) is 7.08. The number of ether oxygens (including phenoxy) is 1. The Kier molecular flexibility index (Phi) is 8.09. The lowest BCUT2D eigenvalue weighted by Crippen LogP contribution is -2.21. The predicted molar refractivity (Wildman–Crippen MR) is 147 cm³/mol.